The first-order valence-corrected chi connectivity index (χ1v) is 9.04. The van der Waals surface area contributed by atoms with E-state index in [1.807, 2.05) is 0 Å². The van der Waals surface area contributed by atoms with Gasteiger partial charge in [0.25, 0.3) is 5.91 Å². The first-order valence-electron chi connectivity index (χ1n) is 7.24. The predicted molar refractivity (Wildman–Crippen MR) is 94.9 cm³/mol. The van der Waals surface area contributed by atoms with E-state index in [0.29, 0.717) is 10.7 Å². The van der Waals surface area contributed by atoms with Gasteiger partial charge in [0.15, 0.2) is 5.16 Å². The van der Waals surface area contributed by atoms with Crippen LogP contribution in [0.1, 0.15) is 32.5 Å². The van der Waals surface area contributed by atoms with Gasteiger partial charge in [-0.15, -0.1) is 11.3 Å². The number of carbonyl (C=O) groups excluding carboxylic acids is 3. The van der Waals surface area contributed by atoms with Crippen molar-refractivity contribution in [2.24, 2.45) is 5.73 Å². The number of hydrogen-bond donors (Lipinski definition) is 2. The zero-order valence-electron chi connectivity index (χ0n) is 13.6. The molecule has 0 bridgehead atoms. The zero-order valence-corrected chi connectivity index (χ0v) is 15.2. The third kappa shape index (κ3) is 4.77. The summed E-state index contributed by atoms with van der Waals surface area (Å²) in [5.74, 6) is -1.59. The molecule has 0 spiro atoms. The molecule has 2 amide bonds. The second-order valence-corrected chi connectivity index (χ2v) is 6.68. The molecule has 0 atom stereocenters. The molecule has 3 N–H and O–H groups in total. The van der Waals surface area contributed by atoms with Gasteiger partial charge in [0.05, 0.1) is 22.8 Å². The van der Waals surface area contributed by atoms with Crippen molar-refractivity contribution in [2.75, 3.05) is 17.7 Å². The van der Waals surface area contributed by atoms with Gasteiger partial charge in [0.1, 0.15) is 5.00 Å². The van der Waals surface area contributed by atoms with Crippen molar-refractivity contribution >= 4 is 45.9 Å². The first-order chi connectivity index (χ1) is 11.9. The maximum atomic E-state index is 12.2. The summed E-state index contributed by atoms with van der Waals surface area (Å²) in [7, 11) is 0. The Kier molecular flexibility index (Phi) is 6.48. The highest BCUT2D eigenvalue weighted by Crippen LogP contribution is 2.33. The number of ether oxygens (including phenoxy) is 1. The van der Waals surface area contributed by atoms with Crippen LogP contribution in [-0.4, -0.2) is 40.1 Å². The predicted octanol–water partition coefficient (Wildman–Crippen LogP) is 1.85. The number of anilines is 1. The van der Waals surface area contributed by atoms with E-state index in [1.165, 1.54) is 0 Å². The third-order valence-electron chi connectivity index (χ3n) is 2.98. The molecule has 2 aromatic rings. The Hall–Kier alpha value is -2.46. The Morgan fingerprint density at radius 3 is 2.60 bits per heavy atom. The Morgan fingerprint density at radius 2 is 2.00 bits per heavy atom. The summed E-state index contributed by atoms with van der Waals surface area (Å²) in [5, 5.41) is 3.33. The number of rotatable bonds is 7. The summed E-state index contributed by atoms with van der Waals surface area (Å²) in [6.07, 6.45) is 3.15. The fourth-order valence-electron chi connectivity index (χ4n) is 1.94. The molecule has 10 heteroatoms. The zero-order chi connectivity index (χ0) is 18.4. The van der Waals surface area contributed by atoms with Gasteiger partial charge in [0, 0.05) is 12.4 Å². The molecule has 0 saturated carbocycles. The Bertz CT molecular complexity index is 792. The van der Waals surface area contributed by atoms with E-state index in [1.54, 1.807) is 32.3 Å². The van der Waals surface area contributed by atoms with Crippen LogP contribution in [0.5, 0.6) is 0 Å². The van der Waals surface area contributed by atoms with E-state index in [9.17, 15) is 14.4 Å². The van der Waals surface area contributed by atoms with Crippen LogP contribution in [0.25, 0.3) is 0 Å². The number of esters is 1. The number of amides is 2. The maximum Gasteiger partial charge on any atom is 0.341 e. The topological polar surface area (TPSA) is 124 Å². The number of thiophene rings is 1. The number of aromatic nitrogens is 2. The molecule has 2 heterocycles. The van der Waals surface area contributed by atoms with E-state index in [2.05, 4.69) is 15.3 Å². The van der Waals surface area contributed by atoms with Crippen LogP contribution in [0.2, 0.25) is 0 Å². The molecule has 0 fully saturated rings. The number of nitrogens with two attached hydrogens (primary N) is 1. The molecule has 0 aliphatic heterocycles. The van der Waals surface area contributed by atoms with Crippen molar-refractivity contribution in [3.8, 4) is 0 Å². The van der Waals surface area contributed by atoms with Gasteiger partial charge in [-0.1, -0.05) is 11.8 Å². The number of primary amides is 1. The van der Waals surface area contributed by atoms with Crippen molar-refractivity contribution in [3.05, 3.63) is 34.5 Å². The largest absolute Gasteiger partial charge is 0.462 e. The average Bonchev–Trinajstić information content (AvgIpc) is 2.90. The smallest absolute Gasteiger partial charge is 0.341 e. The molecule has 0 aliphatic carbocycles. The Labute approximate surface area is 152 Å². The van der Waals surface area contributed by atoms with E-state index in [0.717, 1.165) is 23.1 Å². The molecule has 0 aliphatic rings. The molecule has 0 radical (unpaired) electrons. The lowest BCUT2D eigenvalue weighted by Gasteiger charge is -2.06. The summed E-state index contributed by atoms with van der Waals surface area (Å²) in [5.41, 5.74) is 5.86. The lowest BCUT2D eigenvalue weighted by atomic mass is 10.1. The lowest BCUT2D eigenvalue weighted by molar-refractivity contribution is -0.113. The van der Waals surface area contributed by atoms with Gasteiger partial charge in [-0.3, -0.25) is 9.59 Å². The summed E-state index contributed by atoms with van der Waals surface area (Å²) < 4.78 is 4.99. The minimum Gasteiger partial charge on any atom is -0.462 e. The molecule has 8 nitrogen and oxygen atoms in total. The van der Waals surface area contributed by atoms with E-state index in [4.69, 9.17) is 10.5 Å². The van der Waals surface area contributed by atoms with Gasteiger partial charge in [-0.25, -0.2) is 14.8 Å². The quantitative estimate of drug-likeness (QED) is 0.427. The van der Waals surface area contributed by atoms with Crippen molar-refractivity contribution < 1.29 is 19.1 Å². The van der Waals surface area contributed by atoms with Crippen LogP contribution < -0.4 is 11.1 Å². The minimum absolute atomic E-state index is 0.0507. The molecule has 0 unspecified atom stereocenters. The van der Waals surface area contributed by atoms with Gasteiger partial charge >= 0.3 is 5.97 Å². The molecule has 0 aromatic carbocycles. The number of hydrogen-bond acceptors (Lipinski definition) is 8. The van der Waals surface area contributed by atoms with Gasteiger partial charge < -0.3 is 15.8 Å². The molecular formula is C15H16N4O4S2. The van der Waals surface area contributed by atoms with Crippen molar-refractivity contribution in [1.29, 1.82) is 0 Å². The highest BCUT2D eigenvalue weighted by Gasteiger charge is 2.25. The fraction of sp³-hybridized carbons (Fsp3) is 0.267. The number of thioether (sulfide) groups is 1. The molecule has 2 aromatic heterocycles. The van der Waals surface area contributed by atoms with E-state index >= 15 is 0 Å². The van der Waals surface area contributed by atoms with E-state index < -0.39 is 11.9 Å². The number of carbonyl (C=O) groups is 3. The maximum absolute atomic E-state index is 12.2. The van der Waals surface area contributed by atoms with Crippen LogP contribution >= 0.6 is 23.1 Å². The van der Waals surface area contributed by atoms with Crippen LogP contribution in [0.4, 0.5) is 5.00 Å². The minimum atomic E-state index is -0.666. The second-order valence-electron chi connectivity index (χ2n) is 4.71. The second kappa shape index (κ2) is 8.58. The molecule has 25 heavy (non-hydrogen) atoms. The third-order valence-corrected chi connectivity index (χ3v) is 5.07. The average molecular weight is 380 g/mol. The standard InChI is InChI=1S/C15H16N4O4S2/c1-3-23-14(22)10-8(2)11(12(16)21)25-13(10)19-9(20)7-24-15-17-5-4-6-18-15/h4-6H,3,7H2,1-2H3,(H2,16,21)(H,19,20). The van der Waals surface area contributed by atoms with Crippen LogP contribution in [0, 0.1) is 6.92 Å². The Balaban J connectivity index is 2.16. The SMILES string of the molecule is CCOC(=O)c1c(NC(=O)CSc2ncccn2)sc(C(N)=O)c1C. The summed E-state index contributed by atoms with van der Waals surface area (Å²) in [6, 6.07) is 1.68. The van der Waals surface area contributed by atoms with Crippen LogP contribution in [-0.2, 0) is 9.53 Å². The van der Waals surface area contributed by atoms with Crippen LogP contribution in [0.15, 0.2) is 23.6 Å². The van der Waals surface area contributed by atoms with Crippen LogP contribution in [0.3, 0.4) is 0 Å². The molecule has 132 valence electrons. The molecule has 2 rings (SSSR count). The number of nitrogens with zero attached hydrogens (tertiary/aromatic N) is 2. The van der Waals surface area contributed by atoms with Crippen molar-refractivity contribution in [2.45, 2.75) is 19.0 Å². The highest BCUT2D eigenvalue weighted by molar-refractivity contribution is 7.99. The summed E-state index contributed by atoms with van der Waals surface area (Å²) in [4.78, 5) is 44.0. The fourth-order valence-corrected chi connectivity index (χ4v) is 3.60. The highest BCUT2D eigenvalue weighted by atomic mass is 32.2. The first kappa shape index (κ1) is 18.9. The van der Waals surface area contributed by atoms with Gasteiger partial charge in [-0.2, -0.15) is 0 Å². The summed E-state index contributed by atoms with van der Waals surface area (Å²) in [6.45, 7) is 3.43. The molecular weight excluding hydrogens is 364 g/mol. The van der Waals surface area contributed by atoms with Gasteiger partial charge in [0.2, 0.25) is 5.91 Å². The summed E-state index contributed by atoms with van der Waals surface area (Å²) >= 11 is 2.10. The normalized spacial score (nSPS) is 10.3. The monoisotopic (exact) mass is 380 g/mol. The lowest BCUT2D eigenvalue weighted by Crippen LogP contribution is -2.16. The van der Waals surface area contributed by atoms with E-state index in [-0.39, 0.29) is 33.7 Å². The van der Waals surface area contributed by atoms with Gasteiger partial charge in [-0.05, 0) is 25.5 Å². The van der Waals surface area contributed by atoms with Crippen molar-refractivity contribution in [1.82, 2.24) is 9.97 Å². The van der Waals surface area contributed by atoms with Crippen molar-refractivity contribution in [3.63, 3.8) is 0 Å². The number of nitrogens with one attached hydrogen (secondary N) is 1. The Morgan fingerprint density at radius 1 is 1.32 bits per heavy atom. The molecule has 0 saturated heterocycles.